The maximum absolute atomic E-state index is 13.7. The van der Waals surface area contributed by atoms with Gasteiger partial charge in [-0.15, -0.1) is 0 Å². The van der Waals surface area contributed by atoms with E-state index in [0.717, 1.165) is 57.8 Å². The summed E-state index contributed by atoms with van der Waals surface area (Å²) >= 11 is 0. The zero-order valence-corrected chi connectivity index (χ0v) is 19.9. The van der Waals surface area contributed by atoms with E-state index in [-0.39, 0.29) is 17.4 Å². The van der Waals surface area contributed by atoms with Crippen molar-refractivity contribution in [2.45, 2.75) is 58.5 Å². The van der Waals surface area contributed by atoms with Gasteiger partial charge in [0, 0.05) is 34.5 Å². The van der Waals surface area contributed by atoms with Gasteiger partial charge >= 0.3 is 0 Å². The molecule has 1 N–H and O–H groups in total. The molecule has 3 aliphatic rings. The number of aromatic nitrogens is 1. The van der Waals surface area contributed by atoms with Crippen LogP contribution in [0.5, 0.6) is 5.75 Å². The lowest BCUT2D eigenvalue weighted by molar-refractivity contribution is -0.119. The first-order valence-electron chi connectivity index (χ1n) is 11.5. The second-order valence-corrected chi connectivity index (χ2v) is 10.0. The normalized spacial score (nSPS) is 25.3. The molecule has 2 aliphatic heterocycles. The van der Waals surface area contributed by atoms with E-state index in [1.807, 2.05) is 19.2 Å². The Morgan fingerprint density at radius 2 is 2.03 bits per heavy atom. The van der Waals surface area contributed by atoms with E-state index in [1.54, 1.807) is 13.3 Å². The summed E-state index contributed by atoms with van der Waals surface area (Å²) in [5, 5.41) is 12.3. The van der Waals surface area contributed by atoms with Gasteiger partial charge in [0.2, 0.25) is 0 Å². The number of hydrogen-bond acceptors (Lipinski definition) is 6. The van der Waals surface area contributed by atoms with E-state index in [4.69, 9.17) is 4.74 Å². The monoisotopic (exact) mass is 442 g/mol. The van der Waals surface area contributed by atoms with Gasteiger partial charge in [0.1, 0.15) is 5.75 Å². The zero-order chi connectivity index (χ0) is 23.4. The highest BCUT2D eigenvalue weighted by molar-refractivity contribution is 6.01. The number of carbonyl (C=O) groups excluding carboxylic acids is 1. The van der Waals surface area contributed by atoms with Gasteiger partial charge in [-0.3, -0.25) is 9.78 Å². The Morgan fingerprint density at radius 1 is 1.21 bits per heavy atom. The van der Waals surface area contributed by atoms with Crippen LogP contribution in [0.15, 0.2) is 69.8 Å². The van der Waals surface area contributed by atoms with E-state index < -0.39 is 5.41 Å². The molecule has 1 aliphatic carbocycles. The van der Waals surface area contributed by atoms with E-state index in [2.05, 4.69) is 65.6 Å². The Hall–Kier alpha value is -3.28. The van der Waals surface area contributed by atoms with Crippen molar-refractivity contribution >= 4 is 5.78 Å². The molecule has 0 spiro atoms. The topological polar surface area (TPSA) is 75.9 Å². The molecule has 1 aromatic heterocycles. The Morgan fingerprint density at radius 3 is 2.79 bits per heavy atom. The molecule has 0 saturated heterocycles. The lowest BCUT2D eigenvalue weighted by Crippen LogP contribution is -2.51. The number of pyridine rings is 1. The van der Waals surface area contributed by atoms with Crippen molar-refractivity contribution < 1.29 is 9.53 Å². The van der Waals surface area contributed by atoms with Gasteiger partial charge in [-0.25, -0.2) is 0 Å². The summed E-state index contributed by atoms with van der Waals surface area (Å²) in [5.74, 6) is 0.941. The summed E-state index contributed by atoms with van der Waals surface area (Å²) in [5.41, 5.74) is 6.35. The summed E-state index contributed by atoms with van der Waals surface area (Å²) in [6.07, 6.45) is 5.50. The number of fused-ring (bicyclic) bond motifs is 1. The fourth-order valence-corrected chi connectivity index (χ4v) is 5.78. The molecule has 170 valence electrons. The zero-order valence-electron chi connectivity index (χ0n) is 19.9. The number of ketones is 1. The van der Waals surface area contributed by atoms with Crippen molar-refractivity contribution in [2.24, 2.45) is 15.6 Å². The molecule has 6 heteroatoms. The molecule has 0 fully saturated rings. The van der Waals surface area contributed by atoms with Crippen LogP contribution in [-0.2, 0) is 10.2 Å². The molecule has 33 heavy (non-hydrogen) atoms. The van der Waals surface area contributed by atoms with E-state index in [1.165, 1.54) is 0 Å². The molecular formula is C27H30N4O2. The second kappa shape index (κ2) is 7.65. The van der Waals surface area contributed by atoms with Crippen LogP contribution in [-0.4, -0.2) is 24.0 Å². The fraction of sp³-hybridized carbons (Fsp3) is 0.407. The molecule has 1 unspecified atom stereocenters. The Bertz CT molecular complexity index is 1240. The van der Waals surface area contributed by atoms with Crippen molar-refractivity contribution in [1.82, 2.24) is 10.3 Å². The molecule has 2 aromatic rings. The van der Waals surface area contributed by atoms with E-state index in [9.17, 15) is 4.79 Å². The number of ether oxygens (including phenoxy) is 1. The van der Waals surface area contributed by atoms with Crippen molar-refractivity contribution in [3.8, 4) is 16.9 Å². The Labute approximate surface area is 194 Å². The van der Waals surface area contributed by atoms with Crippen molar-refractivity contribution in [1.29, 1.82) is 0 Å². The molecule has 3 heterocycles. The van der Waals surface area contributed by atoms with Gasteiger partial charge in [0.25, 0.3) is 0 Å². The number of carbonyl (C=O) groups is 1. The third kappa shape index (κ3) is 3.31. The standard InChI is InChI=1S/C27H30N4O2/c1-6-27(18-9-7-8-17(11-18)19-10-16(2)28-15-23(19)33-5)20-14-29-31-25(20)30-21-12-26(3,4)13-22(32)24(21)27/h7-11,14-15,25,30H,6,12-13H2,1-5H3/t25?,27-/m1/s1. The van der Waals surface area contributed by atoms with Gasteiger partial charge in [-0.2, -0.15) is 10.2 Å². The van der Waals surface area contributed by atoms with Crippen molar-refractivity contribution in [3.05, 3.63) is 70.8 Å². The van der Waals surface area contributed by atoms with E-state index >= 15 is 0 Å². The third-order valence-corrected chi connectivity index (χ3v) is 7.20. The highest BCUT2D eigenvalue weighted by atomic mass is 16.5. The molecule has 0 bridgehead atoms. The minimum atomic E-state index is -0.562. The lowest BCUT2D eigenvalue weighted by Gasteiger charge is -2.47. The molecule has 0 amide bonds. The number of aryl methyl sites for hydroxylation is 1. The van der Waals surface area contributed by atoms with Crippen LogP contribution >= 0.6 is 0 Å². The molecule has 1 aromatic carbocycles. The number of rotatable bonds is 4. The van der Waals surface area contributed by atoms with Crippen LogP contribution in [0.3, 0.4) is 0 Å². The number of nitrogens with one attached hydrogen (secondary N) is 1. The van der Waals surface area contributed by atoms with Crippen LogP contribution < -0.4 is 10.1 Å². The van der Waals surface area contributed by atoms with Crippen LogP contribution in [0.25, 0.3) is 11.1 Å². The molecular weight excluding hydrogens is 412 g/mol. The minimum Gasteiger partial charge on any atom is -0.494 e. The quantitative estimate of drug-likeness (QED) is 0.665. The van der Waals surface area contributed by atoms with E-state index in [0.29, 0.717) is 6.42 Å². The summed E-state index contributed by atoms with van der Waals surface area (Å²) < 4.78 is 5.61. The largest absolute Gasteiger partial charge is 0.494 e. The number of nitrogens with zero attached hydrogens (tertiary/aromatic N) is 3. The second-order valence-electron chi connectivity index (χ2n) is 10.0. The molecule has 2 atom stereocenters. The fourth-order valence-electron chi connectivity index (χ4n) is 5.78. The number of allylic oxidation sites excluding steroid dienone is 2. The van der Waals surface area contributed by atoms with Crippen LogP contribution in [0.1, 0.15) is 51.3 Å². The number of azo groups is 1. The highest BCUT2D eigenvalue weighted by Crippen LogP contribution is 2.54. The van der Waals surface area contributed by atoms with Gasteiger partial charge in [0.15, 0.2) is 11.9 Å². The first-order valence-corrected chi connectivity index (χ1v) is 11.5. The number of benzene rings is 1. The smallest absolute Gasteiger partial charge is 0.164 e. The number of methoxy groups -OCH3 is 1. The van der Waals surface area contributed by atoms with Crippen molar-refractivity contribution in [2.75, 3.05) is 7.11 Å². The number of hydrogen-bond donors (Lipinski definition) is 1. The summed E-state index contributed by atoms with van der Waals surface area (Å²) in [6, 6.07) is 10.5. The molecule has 5 rings (SSSR count). The SMILES string of the molecule is CC[C@@]1(c2cccc(-c3cc(C)ncc3OC)c2)C2=CN=NC2NC2=C1C(=O)CC(C)(C)C2. The molecule has 6 nitrogen and oxygen atoms in total. The third-order valence-electron chi connectivity index (χ3n) is 7.20. The van der Waals surface area contributed by atoms with Crippen LogP contribution in [0.2, 0.25) is 0 Å². The maximum atomic E-state index is 13.7. The summed E-state index contributed by atoms with van der Waals surface area (Å²) in [4.78, 5) is 18.0. The van der Waals surface area contributed by atoms with Crippen molar-refractivity contribution in [3.63, 3.8) is 0 Å². The average molecular weight is 443 g/mol. The summed E-state index contributed by atoms with van der Waals surface area (Å²) in [7, 11) is 1.66. The van der Waals surface area contributed by atoms with Gasteiger partial charge in [0.05, 0.1) is 24.9 Å². The highest BCUT2D eigenvalue weighted by Gasteiger charge is 2.52. The van der Waals surface area contributed by atoms with Crippen LogP contribution in [0.4, 0.5) is 0 Å². The first-order chi connectivity index (χ1) is 15.8. The van der Waals surface area contributed by atoms with Crippen LogP contribution in [0, 0.1) is 12.3 Å². The first kappa shape index (κ1) is 21.6. The average Bonchev–Trinajstić information content (AvgIpc) is 3.25. The summed E-state index contributed by atoms with van der Waals surface area (Å²) in [6.45, 7) is 8.45. The Balaban J connectivity index is 1.74. The predicted octanol–water partition coefficient (Wildman–Crippen LogP) is 5.64. The van der Waals surface area contributed by atoms with Gasteiger partial charge in [-0.05, 0) is 48.4 Å². The Kier molecular flexibility index (Phi) is 5.00. The molecule has 0 saturated carbocycles. The van der Waals surface area contributed by atoms with Gasteiger partial charge in [-0.1, -0.05) is 39.0 Å². The predicted molar refractivity (Wildman–Crippen MR) is 128 cm³/mol. The maximum Gasteiger partial charge on any atom is 0.164 e. The molecule has 0 radical (unpaired) electrons. The van der Waals surface area contributed by atoms with Gasteiger partial charge < -0.3 is 10.1 Å². The minimum absolute atomic E-state index is 0.0802. The number of Topliss-reactive ketones (excluding diaryl/α,β-unsaturated/α-hetero) is 1. The lowest BCUT2D eigenvalue weighted by atomic mass is 9.58.